The monoisotopic (exact) mass is 385 g/mol. The molecule has 1 aliphatic heterocycles. The van der Waals surface area contributed by atoms with Crippen molar-refractivity contribution < 1.29 is 9.59 Å². The predicted molar refractivity (Wildman–Crippen MR) is 113 cm³/mol. The van der Waals surface area contributed by atoms with Gasteiger partial charge in [-0.25, -0.2) is 4.99 Å². The maximum atomic E-state index is 12.6. The third-order valence-corrected chi connectivity index (χ3v) is 6.09. The van der Waals surface area contributed by atoms with E-state index in [1.54, 1.807) is 0 Å². The van der Waals surface area contributed by atoms with Gasteiger partial charge in [0, 0.05) is 41.3 Å². The number of aryl methyl sites for hydroxylation is 1. The van der Waals surface area contributed by atoms with Crippen LogP contribution in [-0.2, 0) is 23.1 Å². The fraction of sp³-hybridized carbons (Fsp3) is 0.292. The number of para-hydroxylation sites is 1. The van der Waals surface area contributed by atoms with Gasteiger partial charge in [-0.15, -0.1) is 0 Å². The topological polar surface area (TPSA) is 63.5 Å². The third-order valence-electron chi connectivity index (χ3n) is 6.09. The van der Waals surface area contributed by atoms with Crippen LogP contribution in [0.1, 0.15) is 31.2 Å². The number of nitrogens with zero attached hydrogens (tertiary/aromatic N) is 2. The first-order chi connectivity index (χ1) is 14.1. The Morgan fingerprint density at radius 3 is 2.97 bits per heavy atom. The van der Waals surface area contributed by atoms with E-state index in [1.807, 2.05) is 54.2 Å². The molecular formula is C24H23N3O2. The van der Waals surface area contributed by atoms with E-state index in [9.17, 15) is 9.59 Å². The molecule has 0 fully saturated rings. The van der Waals surface area contributed by atoms with Crippen molar-refractivity contribution in [2.45, 2.75) is 32.1 Å². The van der Waals surface area contributed by atoms with Gasteiger partial charge < -0.3 is 9.88 Å². The minimum atomic E-state index is -0.184. The third kappa shape index (κ3) is 3.16. The van der Waals surface area contributed by atoms with Gasteiger partial charge in [-0.1, -0.05) is 24.3 Å². The van der Waals surface area contributed by atoms with Gasteiger partial charge in [-0.05, 0) is 55.0 Å². The first-order valence-electron chi connectivity index (χ1n) is 10.2. The molecule has 5 rings (SSSR count). The molecule has 1 aromatic carbocycles. The molecule has 1 unspecified atom stereocenters. The molecular weight excluding hydrogens is 362 g/mol. The summed E-state index contributed by atoms with van der Waals surface area (Å²) < 4.78 is 2.03. The smallest absolute Gasteiger partial charge is 0.251 e. The van der Waals surface area contributed by atoms with Crippen LogP contribution in [0.15, 0.2) is 70.5 Å². The second kappa shape index (κ2) is 6.99. The Hall–Kier alpha value is -3.21. The average Bonchev–Trinajstić information content (AvgIpc) is 3.04. The zero-order chi connectivity index (χ0) is 20.0. The van der Waals surface area contributed by atoms with Crippen molar-refractivity contribution in [3.05, 3.63) is 71.1 Å². The van der Waals surface area contributed by atoms with Crippen LogP contribution < -0.4 is 5.32 Å². The highest BCUT2D eigenvalue weighted by molar-refractivity contribution is 6.12. The molecule has 2 heterocycles. The molecule has 1 atom stereocenters. The van der Waals surface area contributed by atoms with E-state index in [1.165, 1.54) is 5.57 Å². The van der Waals surface area contributed by atoms with E-state index in [0.717, 1.165) is 53.4 Å². The lowest BCUT2D eigenvalue weighted by Gasteiger charge is -2.33. The summed E-state index contributed by atoms with van der Waals surface area (Å²) in [6.45, 7) is 0. The van der Waals surface area contributed by atoms with E-state index in [2.05, 4.69) is 16.4 Å². The second-order valence-electron chi connectivity index (χ2n) is 7.99. The summed E-state index contributed by atoms with van der Waals surface area (Å²) in [5.41, 5.74) is 5.72. The fourth-order valence-corrected chi connectivity index (χ4v) is 4.73. The van der Waals surface area contributed by atoms with Gasteiger partial charge in [0.05, 0.1) is 12.1 Å². The van der Waals surface area contributed by atoms with Crippen molar-refractivity contribution in [1.82, 2.24) is 9.88 Å². The predicted octanol–water partition coefficient (Wildman–Crippen LogP) is 3.76. The highest BCUT2D eigenvalue weighted by atomic mass is 16.2. The molecule has 3 aliphatic rings. The number of allylic oxidation sites excluding steroid dienone is 3. The molecule has 1 N–H and O–H groups in total. The summed E-state index contributed by atoms with van der Waals surface area (Å²) in [6, 6.07) is 8.06. The fourth-order valence-electron chi connectivity index (χ4n) is 4.73. The summed E-state index contributed by atoms with van der Waals surface area (Å²) in [4.78, 5) is 29.4. The van der Waals surface area contributed by atoms with Crippen molar-refractivity contribution in [3.8, 4) is 0 Å². The Morgan fingerprint density at radius 2 is 2.07 bits per heavy atom. The van der Waals surface area contributed by atoms with Gasteiger partial charge >= 0.3 is 0 Å². The molecule has 5 nitrogen and oxygen atoms in total. The highest BCUT2D eigenvalue weighted by Crippen LogP contribution is 2.38. The van der Waals surface area contributed by atoms with E-state index < -0.39 is 0 Å². The number of rotatable bonds is 2. The number of amides is 2. The zero-order valence-corrected chi connectivity index (χ0v) is 16.4. The number of aliphatic imine (C=N–C) groups is 1. The van der Waals surface area contributed by atoms with Crippen LogP contribution in [0.2, 0.25) is 0 Å². The molecule has 29 heavy (non-hydrogen) atoms. The Labute approximate surface area is 169 Å². The minimum Gasteiger partial charge on any atom is -0.350 e. The molecule has 0 saturated carbocycles. The van der Waals surface area contributed by atoms with Crippen LogP contribution in [-0.4, -0.2) is 22.1 Å². The molecule has 0 saturated heterocycles. The van der Waals surface area contributed by atoms with Gasteiger partial charge in [0.15, 0.2) is 0 Å². The number of benzene rings is 1. The first kappa shape index (κ1) is 17.9. The van der Waals surface area contributed by atoms with Crippen molar-refractivity contribution in [2.75, 3.05) is 0 Å². The molecule has 2 amide bonds. The van der Waals surface area contributed by atoms with Gasteiger partial charge in [0.1, 0.15) is 0 Å². The second-order valence-corrected chi connectivity index (χ2v) is 7.99. The number of aromatic nitrogens is 1. The molecule has 146 valence electrons. The van der Waals surface area contributed by atoms with Crippen LogP contribution in [0.3, 0.4) is 0 Å². The maximum Gasteiger partial charge on any atom is 0.251 e. The largest absolute Gasteiger partial charge is 0.350 e. The lowest BCUT2D eigenvalue weighted by molar-refractivity contribution is -0.118. The summed E-state index contributed by atoms with van der Waals surface area (Å²) in [7, 11) is 1.98. The Morgan fingerprint density at radius 1 is 1.24 bits per heavy atom. The Kier molecular flexibility index (Phi) is 4.31. The molecule has 0 bridgehead atoms. The van der Waals surface area contributed by atoms with Crippen LogP contribution >= 0.6 is 0 Å². The van der Waals surface area contributed by atoms with Crippen LogP contribution in [0, 0.1) is 5.92 Å². The normalized spacial score (nSPS) is 22.4. The number of carbonyl (C=O) groups excluding carboxylic acids is 2. The van der Waals surface area contributed by atoms with Crippen molar-refractivity contribution in [3.63, 3.8) is 0 Å². The van der Waals surface area contributed by atoms with E-state index in [-0.39, 0.29) is 24.2 Å². The number of carbonyl (C=O) groups is 2. The van der Waals surface area contributed by atoms with Crippen LogP contribution in [0.25, 0.3) is 10.9 Å². The lowest BCUT2D eigenvalue weighted by atomic mass is 9.77. The Bertz CT molecular complexity index is 1160. The molecule has 1 aromatic heterocycles. The molecule has 0 radical (unpaired) electrons. The summed E-state index contributed by atoms with van der Waals surface area (Å²) in [5, 5.41) is 4.10. The zero-order valence-electron chi connectivity index (χ0n) is 16.4. The first-order valence-corrected chi connectivity index (χ1v) is 10.2. The van der Waals surface area contributed by atoms with Gasteiger partial charge in [0.2, 0.25) is 0 Å². The quantitative estimate of drug-likeness (QED) is 0.856. The molecule has 5 heteroatoms. The minimum absolute atomic E-state index is 0.0129. The highest BCUT2D eigenvalue weighted by Gasteiger charge is 2.33. The molecule has 2 aromatic rings. The number of hydrogen-bond donors (Lipinski definition) is 1. The summed E-state index contributed by atoms with van der Waals surface area (Å²) >= 11 is 0. The number of fused-ring (bicyclic) bond motifs is 3. The SMILES string of the molecule is Cn1cc(CC(=O)N=C2C=CC3C(=C2)NC(=O)C2=C3CCCC2)c2ccccc21. The Balaban J connectivity index is 1.39. The van der Waals surface area contributed by atoms with E-state index in [4.69, 9.17) is 0 Å². The van der Waals surface area contributed by atoms with E-state index in [0.29, 0.717) is 5.71 Å². The average molecular weight is 385 g/mol. The summed E-state index contributed by atoms with van der Waals surface area (Å²) in [5.74, 6) is -0.0509. The summed E-state index contributed by atoms with van der Waals surface area (Å²) in [6.07, 6.45) is 12.1. The van der Waals surface area contributed by atoms with Gasteiger partial charge in [-0.3, -0.25) is 9.59 Å². The maximum absolute atomic E-state index is 12.6. The molecule has 2 aliphatic carbocycles. The number of nitrogens with one attached hydrogen (secondary N) is 1. The van der Waals surface area contributed by atoms with Crippen molar-refractivity contribution in [2.24, 2.45) is 18.0 Å². The van der Waals surface area contributed by atoms with Crippen LogP contribution in [0.4, 0.5) is 0 Å². The van der Waals surface area contributed by atoms with E-state index >= 15 is 0 Å². The van der Waals surface area contributed by atoms with Gasteiger partial charge in [0.25, 0.3) is 11.8 Å². The standard InChI is InChI=1S/C24H23N3O2/c1-27-14-15(17-6-4-5-9-22(17)27)12-23(28)25-16-10-11-19-18-7-2-3-8-20(18)24(29)26-21(19)13-16/h4-6,9-11,13-14,19H,2-3,7-8,12H2,1H3,(H,26,29). The van der Waals surface area contributed by atoms with Crippen LogP contribution in [0.5, 0.6) is 0 Å². The van der Waals surface area contributed by atoms with Gasteiger partial charge in [-0.2, -0.15) is 0 Å². The van der Waals surface area contributed by atoms with Crippen molar-refractivity contribution in [1.29, 1.82) is 0 Å². The lowest BCUT2D eigenvalue weighted by Crippen LogP contribution is -2.37. The number of hydrogen-bond acceptors (Lipinski definition) is 2. The van der Waals surface area contributed by atoms with Crippen molar-refractivity contribution >= 4 is 28.4 Å². The molecule has 0 spiro atoms.